The van der Waals surface area contributed by atoms with E-state index in [4.69, 9.17) is 0 Å². The number of nitrogens with zero attached hydrogens (tertiary/aromatic N) is 1. The smallest absolute Gasteiger partial charge is 0.212 e. The Balaban J connectivity index is 2.17. The van der Waals surface area contributed by atoms with E-state index in [1.807, 2.05) is 0 Å². The number of hydrogen-bond donors (Lipinski definition) is 0. The first kappa shape index (κ1) is 10.9. The zero-order valence-corrected chi connectivity index (χ0v) is 10.7. The molecule has 1 heterocycles. The number of sulfonamides is 1. The van der Waals surface area contributed by atoms with Gasteiger partial charge in [-0.3, -0.25) is 0 Å². The highest BCUT2D eigenvalue weighted by Gasteiger charge is 2.45. The Labute approximate surface area is 94.0 Å². The van der Waals surface area contributed by atoms with Crippen LogP contribution in [0.15, 0.2) is 0 Å². The van der Waals surface area contributed by atoms with E-state index in [2.05, 4.69) is 22.9 Å². The van der Waals surface area contributed by atoms with Crippen molar-refractivity contribution < 1.29 is 8.42 Å². The highest BCUT2D eigenvalue weighted by molar-refractivity contribution is 9.09. The van der Waals surface area contributed by atoms with Crippen molar-refractivity contribution in [3.63, 3.8) is 0 Å². The van der Waals surface area contributed by atoms with Crippen molar-refractivity contribution >= 4 is 26.0 Å². The summed E-state index contributed by atoms with van der Waals surface area (Å²) in [6, 6.07) is 0.181. The van der Waals surface area contributed by atoms with Crippen LogP contribution in [0, 0.1) is 5.92 Å². The molecule has 82 valence electrons. The molecule has 1 aliphatic heterocycles. The summed E-state index contributed by atoms with van der Waals surface area (Å²) in [5, 5.41) is 0.703. The lowest BCUT2D eigenvalue weighted by molar-refractivity contribution is 0.377. The predicted octanol–water partition coefficient (Wildman–Crippen LogP) is 1.58. The first-order valence-electron chi connectivity index (χ1n) is 5.14. The van der Waals surface area contributed by atoms with Gasteiger partial charge in [0.05, 0.1) is 5.25 Å². The Kier molecular flexibility index (Phi) is 2.92. The minimum Gasteiger partial charge on any atom is -0.212 e. The van der Waals surface area contributed by atoms with Crippen LogP contribution >= 0.6 is 15.9 Å². The van der Waals surface area contributed by atoms with Crippen LogP contribution in [0.3, 0.4) is 0 Å². The van der Waals surface area contributed by atoms with Crippen LogP contribution in [0.4, 0.5) is 0 Å². The molecule has 0 aromatic rings. The van der Waals surface area contributed by atoms with Crippen molar-refractivity contribution in [1.29, 1.82) is 0 Å². The molecule has 5 heteroatoms. The Bertz CT molecular complexity index is 313. The average molecular weight is 282 g/mol. The average Bonchev–Trinajstić information content (AvgIpc) is 2.90. The van der Waals surface area contributed by atoms with Crippen LogP contribution in [0.1, 0.15) is 26.2 Å². The summed E-state index contributed by atoms with van der Waals surface area (Å²) in [7, 11) is -2.96. The Hall–Kier alpha value is 0.390. The molecule has 1 saturated carbocycles. The molecule has 0 N–H and O–H groups in total. The second kappa shape index (κ2) is 3.76. The molecular weight excluding hydrogens is 266 g/mol. The Morgan fingerprint density at radius 1 is 1.36 bits per heavy atom. The molecule has 0 amide bonds. The molecule has 2 unspecified atom stereocenters. The normalized spacial score (nSPS) is 35.0. The van der Waals surface area contributed by atoms with Gasteiger partial charge in [-0.1, -0.05) is 22.9 Å². The van der Waals surface area contributed by atoms with Gasteiger partial charge in [0.15, 0.2) is 0 Å². The van der Waals surface area contributed by atoms with E-state index in [-0.39, 0.29) is 11.3 Å². The summed E-state index contributed by atoms with van der Waals surface area (Å²) in [5.74, 6) is 0.489. The molecule has 0 aromatic carbocycles. The van der Waals surface area contributed by atoms with Crippen LogP contribution < -0.4 is 0 Å². The third kappa shape index (κ3) is 1.74. The molecule has 2 fully saturated rings. The summed E-state index contributed by atoms with van der Waals surface area (Å²) >= 11 is 3.41. The fourth-order valence-corrected chi connectivity index (χ4v) is 5.39. The second-order valence-electron chi connectivity index (χ2n) is 4.34. The van der Waals surface area contributed by atoms with E-state index in [0.29, 0.717) is 5.92 Å². The van der Waals surface area contributed by atoms with E-state index < -0.39 is 10.0 Å². The summed E-state index contributed by atoms with van der Waals surface area (Å²) in [6.45, 7) is 2.85. The molecule has 3 nitrogen and oxygen atoms in total. The van der Waals surface area contributed by atoms with Gasteiger partial charge in [0.2, 0.25) is 10.0 Å². The number of rotatable bonds is 3. The molecular formula is C9H16BrNO2S. The second-order valence-corrected chi connectivity index (χ2v) is 7.16. The maximum absolute atomic E-state index is 12.0. The largest absolute Gasteiger partial charge is 0.217 e. The summed E-state index contributed by atoms with van der Waals surface area (Å²) in [4.78, 5) is 0. The van der Waals surface area contributed by atoms with Gasteiger partial charge in [0.1, 0.15) is 0 Å². The van der Waals surface area contributed by atoms with Crippen LogP contribution in [0.5, 0.6) is 0 Å². The first-order valence-corrected chi connectivity index (χ1v) is 7.76. The molecule has 0 bridgehead atoms. The first-order chi connectivity index (χ1) is 6.57. The topological polar surface area (TPSA) is 37.4 Å². The zero-order valence-electron chi connectivity index (χ0n) is 8.32. The quantitative estimate of drug-likeness (QED) is 0.737. The van der Waals surface area contributed by atoms with Crippen molar-refractivity contribution in [3.8, 4) is 0 Å². The van der Waals surface area contributed by atoms with Crippen LogP contribution in [-0.2, 0) is 10.0 Å². The SMILES string of the molecule is CC1CCN(S(=O)(=O)C2CC2)C1CBr. The molecule has 0 aromatic heterocycles. The Morgan fingerprint density at radius 2 is 2.00 bits per heavy atom. The highest BCUT2D eigenvalue weighted by atomic mass is 79.9. The van der Waals surface area contributed by atoms with Gasteiger partial charge in [-0.15, -0.1) is 0 Å². The predicted molar refractivity (Wildman–Crippen MR) is 60.0 cm³/mol. The maximum atomic E-state index is 12.0. The van der Waals surface area contributed by atoms with Gasteiger partial charge < -0.3 is 0 Å². The third-order valence-electron chi connectivity index (χ3n) is 3.26. The van der Waals surface area contributed by atoms with Crippen LogP contribution in [0.25, 0.3) is 0 Å². The van der Waals surface area contributed by atoms with Crippen molar-refractivity contribution in [1.82, 2.24) is 4.31 Å². The third-order valence-corrected chi connectivity index (χ3v) is 6.35. The van der Waals surface area contributed by atoms with E-state index in [1.165, 1.54) is 0 Å². The lowest BCUT2D eigenvalue weighted by Crippen LogP contribution is -2.40. The number of alkyl halides is 1. The van der Waals surface area contributed by atoms with Crippen LogP contribution in [-0.4, -0.2) is 35.9 Å². The lowest BCUT2D eigenvalue weighted by atomic mass is 10.1. The van der Waals surface area contributed by atoms with E-state index in [9.17, 15) is 8.42 Å². The molecule has 2 atom stereocenters. The summed E-state index contributed by atoms with van der Waals surface area (Å²) in [6.07, 6.45) is 2.73. The van der Waals surface area contributed by atoms with Crippen molar-refractivity contribution in [3.05, 3.63) is 0 Å². The molecule has 2 aliphatic rings. The minimum absolute atomic E-state index is 0.0608. The highest BCUT2D eigenvalue weighted by Crippen LogP contribution is 2.36. The van der Waals surface area contributed by atoms with Crippen molar-refractivity contribution in [2.75, 3.05) is 11.9 Å². The summed E-state index contributed by atoms with van der Waals surface area (Å²) in [5.41, 5.74) is 0. The fourth-order valence-electron chi connectivity index (χ4n) is 2.08. The van der Waals surface area contributed by atoms with E-state index in [0.717, 1.165) is 31.1 Å². The summed E-state index contributed by atoms with van der Waals surface area (Å²) < 4.78 is 25.8. The lowest BCUT2D eigenvalue weighted by Gasteiger charge is -2.24. The molecule has 0 radical (unpaired) electrons. The molecule has 14 heavy (non-hydrogen) atoms. The standard InChI is InChI=1S/C9H16BrNO2S/c1-7-4-5-11(9(7)6-10)14(12,13)8-2-3-8/h7-9H,2-6H2,1H3. The van der Waals surface area contributed by atoms with Crippen molar-refractivity contribution in [2.45, 2.75) is 37.5 Å². The Morgan fingerprint density at radius 3 is 2.50 bits per heavy atom. The van der Waals surface area contributed by atoms with E-state index >= 15 is 0 Å². The van der Waals surface area contributed by atoms with Crippen molar-refractivity contribution in [2.24, 2.45) is 5.92 Å². The molecule has 0 spiro atoms. The fraction of sp³-hybridized carbons (Fsp3) is 1.00. The molecule has 2 rings (SSSR count). The van der Waals surface area contributed by atoms with Gasteiger partial charge in [0.25, 0.3) is 0 Å². The van der Waals surface area contributed by atoms with Gasteiger partial charge in [-0.25, -0.2) is 8.42 Å². The number of halogens is 1. The minimum atomic E-state index is -2.96. The van der Waals surface area contributed by atoms with Crippen LogP contribution in [0.2, 0.25) is 0 Å². The maximum Gasteiger partial charge on any atom is 0.217 e. The molecule has 1 aliphatic carbocycles. The zero-order chi connectivity index (χ0) is 10.3. The molecule has 1 saturated heterocycles. The van der Waals surface area contributed by atoms with E-state index in [1.54, 1.807) is 4.31 Å². The van der Waals surface area contributed by atoms with Gasteiger partial charge >= 0.3 is 0 Å². The van der Waals surface area contributed by atoms with Gasteiger partial charge in [-0.2, -0.15) is 4.31 Å². The van der Waals surface area contributed by atoms with Gasteiger partial charge in [-0.05, 0) is 25.2 Å². The number of hydrogen-bond acceptors (Lipinski definition) is 2. The monoisotopic (exact) mass is 281 g/mol. The van der Waals surface area contributed by atoms with Gasteiger partial charge in [0, 0.05) is 17.9 Å².